The van der Waals surface area contributed by atoms with Crippen LogP contribution in [-0.4, -0.2) is 30.4 Å². The second-order valence-corrected chi connectivity index (χ2v) is 6.52. The normalized spacial score (nSPS) is 19.0. The van der Waals surface area contributed by atoms with Gasteiger partial charge in [0.1, 0.15) is 5.82 Å². The van der Waals surface area contributed by atoms with E-state index in [1.807, 2.05) is 35.4 Å². The van der Waals surface area contributed by atoms with Gasteiger partial charge in [-0.05, 0) is 36.1 Å². The van der Waals surface area contributed by atoms with Crippen molar-refractivity contribution in [2.45, 2.75) is 18.9 Å². The highest BCUT2D eigenvalue weighted by molar-refractivity contribution is 7.10. The number of halogens is 2. The van der Waals surface area contributed by atoms with E-state index in [1.54, 1.807) is 17.4 Å². The molecule has 1 aliphatic heterocycles. The molecule has 0 aliphatic carbocycles. The van der Waals surface area contributed by atoms with E-state index in [1.165, 1.54) is 12.1 Å². The summed E-state index contributed by atoms with van der Waals surface area (Å²) in [6.45, 7) is 4.02. The molecule has 3 rings (SSSR count). The molecule has 0 spiro atoms. The Morgan fingerprint density at radius 1 is 1.39 bits per heavy atom. The molecule has 6 heteroatoms. The Morgan fingerprint density at radius 3 is 2.91 bits per heavy atom. The Kier molecular flexibility index (Phi) is 6.16. The second-order valence-electron chi connectivity index (χ2n) is 5.54. The summed E-state index contributed by atoms with van der Waals surface area (Å²) in [6, 6.07) is 10.4. The fourth-order valence-electron chi connectivity index (χ4n) is 2.89. The maximum absolute atomic E-state index is 13.5. The molecule has 1 aliphatic rings. The lowest BCUT2D eigenvalue weighted by molar-refractivity contribution is -0.135. The molecule has 1 N–H and O–H groups in total. The lowest BCUT2D eigenvalue weighted by Gasteiger charge is -2.38. The van der Waals surface area contributed by atoms with E-state index in [-0.39, 0.29) is 36.1 Å². The Balaban J connectivity index is 0.00000192. The van der Waals surface area contributed by atoms with Crippen molar-refractivity contribution in [3.63, 3.8) is 0 Å². The van der Waals surface area contributed by atoms with Crippen molar-refractivity contribution in [1.82, 2.24) is 10.2 Å². The minimum atomic E-state index is -0.262. The zero-order valence-corrected chi connectivity index (χ0v) is 14.5. The first kappa shape index (κ1) is 17.9. The molecular weight excluding hydrogens is 335 g/mol. The molecule has 1 aromatic heterocycles. The van der Waals surface area contributed by atoms with E-state index in [0.29, 0.717) is 13.1 Å². The molecule has 0 saturated carbocycles. The van der Waals surface area contributed by atoms with Crippen LogP contribution in [0.25, 0.3) is 0 Å². The van der Waals surface area contributed by atoms with Crippen molar-refractivity contribution < 1.29 is 9.18 Å². The first-order valence-electron chi connectivity index (χ1n) is 7.47. The van der Waals surface area contributed by atoms with Gasteiger partial charge in [-0.25, -0.2) is 4.39 Å². The maximum Gasteiger partial charge on any atom is 0.231 e. The van der Waals surface area contributed by atoms with Crippen LogP contribution < -0.4 is 5.32 Å². The summed E-state index contributed by atoms with van der Waals surface area (Å²) < 4.78 is 13.5. The van der Waals surface area contributed by atoms with Gasteiger partial charge in [-0.3, -0.25) is 4.79 Å². The molecule has 1 amide bonds. The summed E-state index contributed by atoms with van der Waals surface area (Å²) in [6.07, 6.45) is 0. The number of piperazine rings is 1. The van der Waals surface area contributed by atoms with Gasteiger partial charge in [0.15, 0.2) is 0 Å². The van der Waals surface area contributed by atoms with Crippen molar-refractivity contribution in [2.24, 2.45) is 0 Å². The van der Waals surface area contributed by atoms with Crippen LogP contribution in [0.15, 0.2) is 41.8 Å². The average molecular weight is 355 g/mol. The van der Waals surface area contributed by atoms with E-state index in [0.717, 1.165) is 17.0 Å². The molecule has 124 valence electrons. The fraction of sp³-hybridized carbons (Fsp3) is 0.353. The van der Waals surface area contributed by atoms with Crippen LogP contribution in [0.1, 0.15) is 29.3 Å². The number of hydrogen-bond donors (Lipinski definition) is 1. The molecule has 2 atom stereocenters. The van der Waals surface area contributed by atoms with E-state index in [4.69, 9.17) is 0 Å². The van der Waals surface area contributed by atoms with Crippen LogP contribution in [0.3, 0.4) is 0 Å². The van der Waals surface area contributed by atoms with Crippen LogP contribution in [0.2, 0.25) is 0 Å². The predicted octanol–water partition coefficient (Wildman–Crippen LogP) is 3.59. The highest BCUT2D eigenvalue weighted by Crippen LogP contribution is 2.29. The van der Waals surface area contributed by atoms with Crippen molar-refractivity contribution in [3.05, 3.63) is 58.0 Å². The second kappa shape index (κ2) is 7.90. The molecule has 2 heterocycles. The molecule has 23 heavy (non-hydrogen) atoms. The summed E-state index contributed by atoms with van der Waals surface area (Å²) in [4.78, 5) is 15.8. The highest BCUT2D eigenvalue weighted by Gasteiger charge is 2.31. The third-order valence-corrected chi connectivity index (χ3v) is 5.16. The van der Waals surface area contributed by atoms with E-state index < -0.39 is 0 Å². The van der Waals surface area contributed by atoms with Gasteiger partial charge in [0, 0.05) is 24.5 Å². The summed E-state index contributed by atoms with van der Waals surface area (Å²) in [5, 5.41) is 5.28. The fourth-order valence-corrected chi connectivity index (χ4v) is 3.66. The number of nitrogens with zero attached hydrogens (tertiary/aromatic N) is 1. The highest BCUT2D eigenvalue weighted by atomic mass is 35.5. The number of hydrogen-bond acceptors (Lipinski definition) is 3. The van der Waals surface area contributed by atoms with E-state index >= 15 is 0 Å². The first-order valence-corrected chi connectivity index (χ1v) is 8.35. The Hall–Kier alpha value is -1.43. The Bertz CT molecular complexity index is 650. The topological polar surface area (TPSA) is 32.3 Å². The van der Waals surface area contributed by atoms with Crippen LogP contribution in [0.5, 0.6) is 0 Å². The number of nitrogens with one attached hydrogen (secondary N) is 1. The van der Waals surface area contributed by atoms with Gasteiger partial charge in [-0.1, -0.05) is 18.2 Å². The van der Waals surface area contributed by atoms with Gasteiger partial charge >= 0.3 is 0 Å². The molecule has 1 saturated heterocycles. The molecule has 2 aromatic rings. The maximum atomic E-state index is 13.5. The number of thiophene rings is 1. The van der Waals surface area contributed by atoms with Gasteiger partial charge < -0.3 is 10.2 Å². The van der Waals surface area contributed by atoms with Gasteiger partial charge in [-0.2, -0.15) is 0 Å². The molecule has 2 unspecified atom stereocenters. The van der Waals surface area contributed by atoms with Gasteiger partial charge in [0.25, 0.3) is 0 Å². The first-order chi connectivity index (χ1) is 10.7. The molecule has 0 radical (unpaired) electrons. The zero-order chi connectivity index (χ0) is 15.5. The molecule has 0 bridgehead atoms. The van der Waals surface area contributed by atoms with Gasteiger partial charge in [-0.15, -0.1) is 23.7 Å². The zero-order valence-electron chi connectivity index (χ0n) is 12.9. The van der Waals surface area contributed by atoms with Crippen LogP contribution in [0.4, 0.5) is 4.39 Å². The molecule has 3 nitrogen and oxygen atoms in total. The monoisotopic (exact) mass is 354 g/mol. The number of carbonyl (C=O) groups is 1. The number of rotatable bonds is 3. The van der Waals surface area contributed by atoms with Crippen molar-refractivity contribution >= 4 is 29.7 Å². The quantitative estimate of drug-likeness (QED) is 0.913. The Labute approximate surface area is 145 Å². The van der Waals surface area contributed by atoms with Crippen LogP contribution in [0, 0.1) is 5.82 Å². The average Bonchev–Trinajstić information content (AvgIpc) is 3.08. The lowest BCUT2D eigenvalue weighted by Crippen LogP contribution is -2.49. The molecule has 1 aromatic carbocycles. The van der Waals surface area contributed by atoms with E-state index in [9.17, 15) is 9.18 Å². The number of amides is 1. The van der Waals surface area contributed by atoms with E-state index in [2.05, 4.69) is 5.32 Å². The van der Waals surface area contributed by atoms with Gasteiger partial charge in [0.05, 0.1) is 12.0 Å². The molecular formula is C17H20ClFN2OS. The lowest BCUT2D eigenvalue weighted by atomic mass is 10.00. The van der Waals surface area contributed by atoms with Crippen LogP contribution in [-0.2, 0) is 4.79 Å². The number of benzene rings is 1. The standard InChI is InChI=1S/C17H19FN2OS.ClH/c1-12(16-6-3-9-22-16)17(21)20-8-7-19-11-15(20)13-4-2-5-14(18)10-13;/h2-6,9-10,12,15,19H,7-8,11H2,1H3;1H. The Morgan fingerprint density at radius 2 is 2.22 bits per heavy atom. The minimum Gasteiger partial charge on any atom is -0.333 e. The largest absolute Gasteiger partial charge is 0.333 e. The third kappa shape index (κ3) is 3.91. The SMILES string of the molecule is CC(C(=O)N1CCNCC1c1cccc(F)c1)c1cccs1.Cl. The molecule has 1 fully saturated rings. The summed E-state index contributed by atoms with van der Waals surface area (Å²) in [5.74, 6) is -0.311. The van der Waals surface area contributed by atoms with Crippen molar-refractivity contribution in [2.75, 3.05) is 19.6 Å². The van der Waals surface area contributed by atoms with Crippen LogP contribution >= 0.6 is 23.7 Å². The summed E-state index contributed by atoms with van der Waals surface area (Å²) in [5.41, 5.74) is 0.846. The predicted molar refractivity (Wildman–Crippen MR) is 93.7 cm³/mol. The van der Waals surface area contributed by atoms with Crippen molar-refractivity contribution in [1.29, 1.82) is 0 Å². The summed E-state index contributed by atoms with van der Waals surface area (Å²) >= 11 is 1.60. The van der Waals surface area contributed by atoms with Crippen molar-refractivity contribution in [3.8, 4) is 0 Å². The smallest absolute Gasteiger partial charge is 0.231 e. The number of carbonyl (C=O) groups excluding carboxylic acids is 1. The third-order valence-electron chi connectivity index (χ3n) is 4.10. The minimum absolute atomic E-state index is 0. The van der Waals surface area contributed by atoms with Gasteiger partial charge in [0.2, 0.25) is 5.91 Å². The summed E-state index contributed by atoms with van der Waals surface area (Å²) in [7, 11) is 0.